The molecule has 1 heterocycles. The standard InChI is InChI=1S/C29H26O/c1-19-10-13-26(22(4)17-19)29(27-18-20(2)9-11-21(27)3)16-15-25-24-8-6-5-7-23(24)12-14-28(25)30-29/h5-18H,1-4H3. The van der Waals surface area contributed by atoms with Crippen molar-refractivity contribution in [1.29, 1.82) is 0 Å². The smallest absolute Gasteiger partial charge is 0.178 e. The molecule has 0 fully saturated rings. The monoisotopic (exact) mass is 390 g/mol. The van der Waals surface area contributed by atoms with E-state index in [9.17, 15) is 0 Å². The van der Waals surface area contributed by atoms with Crippen LogP contribution in [0.1, 0.15) is 38.9 Å². The summed E-state index contributed by atoms with van der Waals surface area (Å²) in [6.07, 6.45) is 4.50. The molecule has 0 N–H and O–H groups in total. The lowest BCUT2D eigenvalue weighted by atomic mass is 9.78. The Labute approximate surface area is 178 Å². The van der Waals surface area contributed by atoms with Crippen LogP contribution in [-0.2, 0) is 5.60 Å². The normalized spacial score (nSPS) is 17.6. The predicted molar refractivity (Wildman–Crippen MR) is 126 cm³/mol. The molecule has 1 aliphatic heterocycles. The molecule has 5 rings (SSSR count). The zero-order chi connectivity index (χ0) is 20.9. The molecule has 0 bridgehead atoms. The molecular weight excluding hydrogens is 364 g/mol. The molecule has 1 unspecified atom stereocenters. The molecule has 148 valence electrons. The maximum atomic E-state index is 6.97. The van der Waals surface area contributed by atoms with Gasteiger partial charge in [0.05, 0.1) is 0 Å². The van der Waals surface area contributed by atoms with Crippen LogP contribution in [0.25, 0.3) is 16.8 Å². The van der Waals surface area contributed by atoms with E-state index >= 15 is 0 Å². The Kier molecular flexibility index (Phi) is 4.29. The van der Waals surface area contributed by atoms with Gasteiger partial charge in [-0.2, -0.15) is 0 Å². The average molecular weight is 391 g/mol. The maximum Gasteiger partial charge on any atom is 0.178 e. The number of benzene rings is 4. The Morgan fingerprint density at radius 2 is 1.43 bits per heavy atom. The summed E-state index contributed by atoms with van der Waals surface area (Å²) in [5, 5.41) is 2.46. The minimum atomic E-state index is -0.649. The molecule has 1 nitrogen and oxygen atoms in total. The summed E-state index contributed by atoms with van der Waals surface area (Å²) >= 11 is 0. The van der Waals surface area contributed by atoms with Gasteiger partial charge in [0, 0.05) is 16.7 Å². The van der Waals surface area contributed by atoms with E-state index in [2.05, 4.69) is 113 Å². The summed E-state index contributed by atoms with van der Waals surface area (Å²) < 4.78 is 6.97. The molecular formula is C29H26O. The van der Waals surface area contributed by atoms with Gasteiger partial charge in [-0.3, -0.25) is 0 Å². The Morgan fingerprint density at radius 1 is 0.667 bits per heavy atom. The van der Waals surface area contributed by atoms with Crippen LogP contribution in [0.3, 0.4) is 0 Å². The highest BCUT2D eigenvalue weighted by atomic mass is 16.5. The average Bonchev–Trinajstić information content (AvgIpc) is 2.75. The van der Waals surface area contributed by atoms with Gasteiger partial charge in [0.2, 0.25) is 0 Å². The number of hydrogen-bond donors (Lipinski definition) is 0. The summed E-state index contributed by atoms with van der Waals surface area (Å²) in [6, 6.07) is 26.1. The fourth-order valence-corrected chi connectivity index (χ4v) is 4.75. The summed E-state index contributed by atoms with van der Waals surface area (Å²) in [6.45, 7) is 8.64. The van der Waals surface area contributed by atoms with Crippen molar-refractivity contribution < 1.29 is 4.74 Å². The zero-order valence-corrected chi connectivity index (χ0v) is 18.0. The number of fused-ring (bicyclic) bond motifs is 3. The van der Waals surface area contributed by atoms with Crippen molar-refractivity contribution in [3.8, 4) is 5.75 Å². The van der Waals surface area contributed by atoms with Crippen molar-refractivity contribution in [3.05, 3.63) is 118 Å². The van der Waals surface area contributed by atoms with Gasteiger partial charge in [-0.1, -0.05) is 77.9 Å². The van der Waals surface area contributed by atoms with Gasteiger partial charge >= 0.3 is 0 Å². The van der Waals surface area contributed by atoms with Gasteiger partial charge in [-0.05, 0) is 67.8 Å². The fraction of sp³-hybridized carbons (Fsp3) is 0.172. The zero-order valence-electron chi connectivity index (χ0n) is 18.0. The first-order chi connectivity index (χ1) is 14.5. The van der Waals surface area contributed by atoms with Crippen LogP contribution in [0, 0.1) is 27.7 Å². The van der Waals surface area contributed by atoms with Gasteiger partial charge in [0.1, 0.15) is 5.75 Å². The van der Waals surface area contributed by atoms with E-state index in [0.717, 1.165) is 11.3 Å². The van der Waals surface area contributed by atoms with Crippen molar-refractivity contribution in [1.82, 2.24) is 0 Å². The van der Waals surface area contributed by atoms with Crippen molar-refractivity contribution in [2.75, 3.05) is 0 Å². The van der Waals surface area contributed by atoms with Crippen LogP contribution in [0.4, 0.5) is 0 Å². The van der Waals surface area contributed by atoms with Crippen LogP contribution >= 0.6 is 0 Å². The minimum absolute atomic E-state index is 0.649. The van der Waals surface area contributed by atoms with Gasteiger partial charge in [-0.15, -0.1) is 0 Å². The van der Waals surface area contributed by atoms with Crippen LogP contribution in [0.5, 0.6) is 5.75 Å². The van der Waals surface area contributed by atoms with Crippen molar-refractivity contribution >= 4 is 16.8 Å². The highest BCUT2D eigenvalue weighted by molar-refractivity contribution is 5.94. The molecule has 0 aliphatic carbocycles. The first-order valence-corrected chi connectivity index (χ1v) is 10.5. The Bertz CT molecular complexity index is 1310. The van der Waals surface area contributed by atoms with Crippen LogP contribution in [0.2, 0.25) is 0 Å². The molecule has 0 amide bonds. The molecule has 4 aromatic carbocycles. The molecule has 1 aliphatic rings. The third-order valence-electron chi connectivity index (χ3n) is 6.26. The molecule has 1 heteroatoms. The molecule has 0 radical (unpaired) electrons. The van der Waals surface area contributed by atoms with E-state index in [1.54, 1.807) is 0 Å². The lowest BCUT2D eigenvalue weighted by molar-refractivity contribution is 0.160. The van der Waals surface area contributed by atoms with Gasteiger partial charge in [0.15, 0.2) is 5.60 Å². The number of rotatable bonds is 2. The third kappa shape index (κ3) is 2.85. The molecule has 30 heavy (non-hydrogen) atoms. The van der Waals surface area contributed by atoms with Crippen molar-refractivity contribution in [2.45, 2.75) is 33.3 Å². The second-order valence-electron chi connectivity index (χ2n) is 8.51. The van der Waals surface area contributed by atoms with Gasteiger partial charge < -0.3 is 4.74 Å². The lowest BCUT2D eigenvalue weighted by Gasteiger charge is -2.38. The molecule has 4 aromatic rings. The summed E-state index contributed by atoms with van der Waals surface area (Å²) in [7, 11) is 0. The van der Waals surface area contributed by atoms with E-state index in [4.69, 9.17) is 4.74 Å². The van der Waals surface area contributed by atoms with E-state index in [-0.39, 0.29) is 0 Å². The van der Waals surface area contributed by atoms with E-state index in [1.165, 1.54) is 44.2 Å². The maximum absolute atomic E-state index is 6.97. The first-order valence-electron chi connectivity index (χ1n) is 10.5. The molecule has 0 saturated heterocycles. The topological polar surface area (TPSA) is 9.23 Å². The molecule has 0 aromatic heterocycles. The predicted octanol–water partition coefficient (Wildman–Crippen LogP) is 7.42. The first kappa shape index (κ1) is 18.7. The SMILES string of the molecule is Cc1ccc(C2(c3cc(C)ccc3C)C=Cc3c(ccc4ccccc34)O2)c(C)c1. The largest absolute Gasteiger partial charge is 0.473 e. The number of ether oxygens (including phenoxy) is 1. The lowest BCUT2D eigenvalue weighted by Crippen LogP contribution is -2.36. The van der Waals surface area contributed by atoms with Crippen LogP contribution in [0.15, 0.2) is 78.9 Å². The van der Waals surface area contributed by atoms with Crippen LogP contribution < -0.4 is 4.74 Å². The summed E-state index contributed by atoms with van der Waals surface area (Å²) in [5.41, 5.74) is 7.86. The highest BCUT2D eigenvalue weighted by Gasteiger charge is 2.39. The second-order valence-corrected chi connectivity index (χ2v) is 8.51. The Morgan fingerprint density at radius 3 is 2.27 bits per heavy atom. The fourth-order valence-electron chi connectivity index (χ4n) is 4.75. The minimum Gasteiger partial charge on any atom is -0.473 e. The highest BCUT2D eigenvalue weighted by Crippen LogP contribution is 2.46. The number of aryl methyl sites for hydroxylation is 4. The van der Waals surface area contributed by atoms with Gasteiger partial charge in [0.25, 0.3) is 0 Å². The summed E-state index contributed by atoms with van der Waals surface area (Å²) in [5.74, 6) is 0.928. The molecule has 1 atom stereocenters. The van der Waals surface area contributed by atoms with E-state index in [1.807, 2.05) is 0 Å². The van der Waals surface area contributed by atoms with Crippen LogP contribution in [-0.4, -0.2) is 0 Å². The van der Waals surface area contributed by atoms with Crippen molar-refractivity contribution in [3.63, 3.8) is 0 Å². The molecule has 0 saturated carbocycles. The van der Waals surface area contributed by atoms with Gasteiger partial charge in [-0.25, -0.2) is 0 Å². The Balaban J connectivity index is 1.80. The third-order valence-corrected chi connectivity index (χ3v) is 6.26. The van der Waals surface area contributed by atoms with E-state index in [0.29, 0.717) is 0 Å². The Hall–Kier alpha value is -3.32. The molecule has 0 spiro atoms. The van der Waals surface area contributed by atoms with Crippen molar-refractivity contribution in [2.24, 2.45) is 0 Å². The van der Waals surface area contributed by atoms with E-state index < -0.39 is 5.60 Å². The quantitative estimate of drug-likeness (QED) is 0.346. The summed E-state index contributed by atoms with van der Waals surface area (Å²) in [4.78, 5) is 0. The second kappa shape index (κ2) is 6.88. The number of hydrogen-bond acceptors (Lipinski definition) is 1.